The molecule has 0 fully saturated rings. The molecule has 5 aromatic rings. The van der Waals surface area contributed by atoms with Gasteiger partial charge in [-0.15, -0.1) is 19.7 Å². The number of fused-ring (bicyclic) bond motifs is 1. The Hall–Kier alpha value is -2.04. The van der Waals surface area contributed by atoms with E-state index in [4.69, 9.17) is 9.92 Å². The summed E-state index contributed by atoms with van der Waals surface area (Å²) in [5, 5.41) is 57.0. The van der Waals surface area contributed by atoms with Crippen LogP contribution in [0, 0.1) is 12.0 Å². The fraction of sp³-hybridized carbons (Fsp3) is 0.0714. The van der Waals surface area contributed by atoms with Gasteiger partial charge in [-0.25, -0.2) is 16.8 Å². The van der Waals surface area contributed by atoms with Crippen molar-refractivity contribution >= 4 is 95.0 Å². The van der Waals surface area contributed by atoms with Gasteiger partial charge in [0, 0.05) is 22.5 Å². The van der Waals surface area contributed by atoms with Gasteiger partial charge in [0.05, 0.1) is 50.5 Å². The summed E-state index contributed by atoms with van der Waals surface area (Å²) >= 11 is 0.401. The number of hydrogen-bond acceptors (Lipinski definition) is 23. The SMILES string of the molecule is Nc1ccc2c(O)c(N=Nc3cc(Nc4cc(F)nc(F)n4)ccc3S(=O)(=O)[O-])c(SOO[O-])cc2c1N=Nc1ccc(S(=O)(=O)CCOSOO[O-])cc1.[Na+].[Na+].[Na+]. The van der Waals surface area contributed by atoms with Crippen LogP contribution >= 0.6 is 24.4 Å². The summed E-state index contributed by atoms with van der Waals surface area (Å²) in [6.45, 7) is -0.328. The molecule has 4 N–H and O–H groups in total. The number of halogens is 2. The molecule has 58 heavy (non-hydrogen) atoms. The number of hydrogen-bond donors (Lipinski definition) is 3. The number of nitrogens with two attached hydrogens (primary N) is 1. The summed E-state index contributed by atoms with van der Waals surface area (Å²) < 4.78 is 101. The van der Waals surface area contributed by atoms with Gasteiger partial charge in [0.25, 0.3) is 0 Å². The molecule has 4 aromatic carbocycles. The van der Waals surface area contributed by atoms with E-state index in [1.54, 1.807) is 0 Å². The number of phenols is 1. The van der Waals surface area contributed by atoms with Crippen LogP contribution in [0.15, 0.2) is 102 Å². The van der Waals surface area contributed by atoms with E-state index in [1.165, 1.54) is 42.5 Å². The zero-order valence-electron chi connectivity index (χ0n) is 29.8. The van der Waals surface area contributed by atoms with Crippen LogP contribution in [0.25, 0.3) is 10.8 Å². The average molecular weight is 911 g/mol. The van der Waals surface area contributed by atoms with E-state index in [9.17, 15) is 45.8 Å². The first-order chi connectivity index (χ1) is 26.2. The molecule has 0 bridgehead atoms. The van der Waals surface area contributed by atoms with E-state index < -0.39 is 59.8 Å². The van der Waals surface area contributed by atoms with Crippen LogP contribution in [0.3, 0.4) is 0 Å². The minimum absolute atomic E-state index is 0. The molecule has 0 aliphatic carbocycles. The second-order valence-electron chi connectivity index (χ2n) is 10.2. The van der Waals surface area contributed by atoms with E-state index in [1.807, 2.05) is 0 Å². The predicted molar refractivity (Wildman–Crippen MR) is 180 cm³/mol. The van der Waals surface area contributed by atoms with Crippen molar-refractivity contribution in [3.05, 3.63) is 78.8 Å². The maximum absolute atomic E-state index is 13.6. The number of azo groups is 2. The molecule has 0 aliphatic rings. The number of phenolic OH excluding ortho intramolecular Hbond substituents is 1. The van der Waals surface area contributed by atoms with Crippen molar-refractivity contribution in [2.75, 3.05) is 23.4 Å². The number of benzene rings is 4. The van der Waals surface area contributed by atoms with Crippen molar-refractivity contribution in [2.24, 2.45) is 20.5 Å². The Morgan fingerprint density at radius 3 is 2.17 bits per heavy atom. The number of nitrogens with one attached hydrogen (secondary N) is 1. The summed E-state index contributed by atoms with van der Waals surface area (Å²) in [5.74, 6) is -2.68. The van der Waals surface area contributed by atoms with Crippen molar-refractivity contribution in [3.63, 3.8) is 0 Å². The minimum atomic E-state index is -5.19. The van der Waals surface area contributed by atoms with Gasteiger partial charge in [-0.1, -0.05) is 0 Å². The topological polar surface area (TPSA) is 317 Å². The number of anilines is 3. The third kappa shape index (κ3) is 14.0. The van der Waals surface area contributed by atoms with Crippen molar-refractivity contribution in [2.45, 2.75) is 14.7 Å². The molecule has 0 spiro atoms. The summed E-state index contributed by atoms with van der Waals surface area (Å²) in [7, 11) is -9.00. The standard InChI is InChI=1S/C28H22F2N8O13S4.3Na/c29-23-13-24(34-28(30)33-23)32-15-3-8-22(55(44,45)46)20(11-15)36-38-26-21(52-50-48-40)12-18-17(27(26)39)6-7-19(31)25(18)37-35-14-1-4-16(5-2-14)54(42,43)10-9-47-53-51-49-41;;;/h1-8,11-13,39-41H,9-10,31H2,(H,32,33,34)(H,44,45,46);;;/q;3*+1/p-3. The van der Waals surface area contributed by atoms with Gasteiger partial charge in [-0.2, -0.15) is 28.2 Å². The normalized spacial score (nSPS) is 11.7. The van der Waals surface area contributed by atoms with E-state index in [-0.39, 0.29) is 169 Å². The molecule has 0 saturated heterocycles. The summed E-state index contributed by atoms with van der Waals surface area (Å²) in [4.78, 5) is 5.09. The Morgan fingerprint density at radius 2 is 1.52 bits per heavy atom. The van der Waals surface area contributed by atoms with Crippen molar-refractivity contribution < 1.29 is 157 Å². The van der Waals surface area contributed by atoms with Crippen LogP contribution in [-0.2, 0) is 42.9 Å². The quantitative estimate of drug-likeness (QED) is 0.00756. The smallest absolute Gasteiger partial charge is 0.744 e. The molecule has 5 rings (SSSR count). The first-order valence-electron chi connectivity index (χ1n) is 14.4. The van der Waals surface area contributed by atoms with Gasteiger partial charge in [0.2, 0.25) is 5.95 Å². The molecule has 1 heterocycles. The molecule has 0 saturated carbocycles. The van der Waals surface area contributed by atoms with E-state index in [0.717, 1.165) is 24.3 Å². The average Bonchev–Trinajstić information content (AvgIpc) is 3.12. The Kier molecular flexibility index (Phi) is 21.4. The Bertz CT molecular complexity index is 2480. The Morgan fingerprint density at radius 1 is 0.828 bits per heavy atom. The minimum Gasteiger partial charge on any atom is -0.744 e. The summed E-state index contributed by atoms with van der Waals surface area (Å²) in [6, 6.07) is 12.8. The van der Waals surface area contributed by atoms with Crippen LogP contribution in [0.5, 0.6) is 5.75 Å². The largest absolute Gasteiger partial charge is 1.00 e. The van der Waals surface area contributed by atoms with E-state index in [2.05, 4.69) is 54.5 Å². The van der Waals surface area contributed by atoms with Gasteiger partial charge >= 0.3 is 94.8 Å². The number of rotatable bonds is 17. The Labute approximate surface area is 401 Å². The van der Waals surface area contributed by atoms with Crippen molar-refractivity contribution in [3.8, 4) is 5.75 Å². The number of nitrogens with zero attached hydrogens (tertiary/aromatic N) is 6. The van der Waals surface area contributed by atoms with Crippen LogP contribution in [0.2, 0.25) is 0 Å². The van der Waals surface area contributed by atoms with Gasteiger partial charge in [-0.3, -0.25) is 14.3 Å². The molecule has 0 aliphatic heterocycles. The van der Waals surface area contributed by atoms with E-state index >= 15 is 0 Å². The monoisotopic (exact) mass is 910 g/mol. The van der Waals surface area contributed by atoms with Crippen LogP contribution < -0.4 is 110 Å². The summed E-state index contributed by atoms with van der Waals surface area (Å²) in [6.07, 6.45) is -1.41. The number of aromatic nitrogens is 2. The number of nitrogen functional groups attached to an aromatic ring is 1. The zero-order valence-corrected chi connectivity index (χ0v) is 39.0. The van der Waals surface area contributed by atoms with Crippen LogP contribution in [0.4, 0.5) is 48.7 Å². The zero-order chi connectivity index (χ0) is 39.8. The van der Waals surface area contributed by atoms with Crippen molar-refractivity contribution in [1.82, 2.24) is 9.97 Å². The summed E-state index contributed by atoms with van der Waals surface area (Å²) in [5.41, 5.74) is 5.29. The number of aromatic hydroxyl groups is 1. The molecule has 21 nitrogen and oxygen atoms in total. The second kappa shape index (κ2) is 23.8. The maximum atomic E-state index is 13.6. The maximum Gasteiger partial charge on any atom is 1.00 e. The van der Waals surface area contributed by atoms with E-state index in [0.29, 0.717) is 0 Å². The number of sulfone groups is 1. The second-order valence-corrected chi connectivity index (χ2v) is 14.9. The van der Waals surface area contributed by atoms with Gasteiger partial charge in [0.15, 0.2) is 27.9 Å². The molecular formula is C28H19F2N8Na3O13S4. The molecule has 0 atom stereocenters. The molecular weight excluding hydrogens is 892 g/mol. The fourth-order valence-corrected chi connectivity index (χ4v) is 6.97. The Balaban J connectivity index is 0.00000387. The van der Waals surface area contributed by atoms with Crippen molar-refractivity contribution in [1.29, 1.82) is 0 Å². The van der Waals surface area contributed by atoms with Crippen LogP contribution in [0.1, 0.15) is 0 Å². The third-order valence-electron chi connectivity index (χ3n) is 6.81. The first-order valence-corrected chi connectivity index (χ1v) is 18.9. The van der Waals surface area contributed by atoms with Gasteiger partial charge in [0.1, 0.15) is 33.0 Å². The fourth-order valence-electron chi connectivity index (χ4n) is 4.49. The molecule has 290 valence electrons. The molecule has 30 heteroatoms. The van der Waals surface area contributed by atoms with Gasteiger partial charge < -0.3 is 31.2 Å². The third-order valence-corrected chi connectivity index (χ3v) is 10.4. The first kappa shape index (κ1) is 52.1. The molecule has 0 amide bonds. The predicted octanol–water partition coefficient (Wildman–Crippen LogP) is -4.51. The molecule has 1 aromatic heterocycles. The molecule has 0 unspecified atom stereocenters. The molecule has 0 radical (unpaired) electrons. The van der Waals surface area contributed by atoms with Gasteiger partial charge in [-0.05, 0) is 60.7 Å². The van der Waals surface area contributed by atoms with Crippen LogP contribution in [-0.4, -0.2) is 48.8 Å².